The number of nitrogens with one attached hydrogen (secondary N) is 3. The number of halogens is 3. The van der Waals surface area contributed by atoms with Crippen LogP contribution in [-0.4, -0.2) is 27.4 Å². The number of aromatic amines is 1. The third-order valence-corrected chi connectivity index (χ3v) is 3.59. The topological polar surface area (TPSA) is 102 Å². The summed E-state index contributed by atoms with van der Waals surface area (Å²) in [6, 6.07) is 4.14. The van der Waals surface area contributed by atoms with E-state index in [2.05, 4.69) is 15.3 Å². The predicted molar refractivity (Wildman–Crippen MR) is 87.0 cm³/mol. The lowest BCUT2D eigenvalue weighted by Gasteiger charge is -2.18. The molecule has 1 atom stereocenters. The number of hydrogen-bond donors (Lipinski definition) is 4. The van der Waals surface area contributed by atoms with Gasteiger partial charge >= 0.3 is 6.18 Å². The molecule has 0 saturated carbocycles. The van der Waals surface area contributed by atoms with Crippen molar-refractivity contribution in [2.45, 2.75) is 26.1 Å². The van der Waals surface area contributed by atoms with Gasteiger partial charge in [0.05, 0.1) is 17.9 Å². The molecule has 0 bridgehead atoms. The average molecular weight is 354 g/mol. The first kappa shape index (κ1) is 18.7. The molecular formula is C16H17F3N4O2. The van der Waals surface area contributed by atoms with E-state index in [1.807, 2.05) is 0 Å². The Morgan fingerprint density at radius 1 is 1.36 bits per heavy atom. The highest BCUT2D eigenvalue weighted by Crippen LogP contribution is 2.30. The molecule has 0 aliphatic heterocycles. The Morgan fingerprint density at radius 3 is 2.48 bits per heavy atom. The first-order valence-corrected chi connectivity index (χ1v) is 7.36. The summed E-state index contributed by atoms with van der Waals surface area (Å²) >= 11 is 0. The standard InChI is InChI=1S/C16H17F3N4O2/c1-8(10-3-5-11(6-4-10)16(17,18)19)21-14-13(12(20)7-24)15(25)23-9(2)22-14/h3-6,8,20,24H,7H2,1-2H3,(H2,21,22,23,25)/t8-/m0/s1. The zero-order valence-corrected chi connectivity index (χ0v) is 13.5. The van der Waals surface area contributed by atoms with Crippen molar-refractivity contribution in [1.29, 1.82) is 5.41 Å². The van der Waals surface area contributed by atoms with Crippen LogP contribution in [0.5, 0.6) is 0 Å². The molecule has 4 N–H and O–H groups in total. The van der Waals surface area contributed by atoms with Gasteiger partial charge < -0.3 is 20.8 Å². The molecule has 0 spiro atoms. The Bertz CT molecular complexity index is 829. The Labute approximate surface area is 141 Å². The molecule has 1 heterocycles. The van der Waals surface area contributed by atoms with Crippen LogP contribution >= 0.6 is 0 Å². The van der Waals surface area contributed by atoms with Crippen LogP contribution in [-0.2, 0) is 6.18 Å². The maximum Gasteiger partial charge on any atom is 0.416 e. The molecule has 2 aromatic rings. The summed E-state index contributed by atoms with van der Waals surface area (Å²) in [6.07, 6.45) is -4.41. The molecule has 2 rings (SSSR count). The second kappa shape index (κ2) is 7.06. The molecule has 134 valence electrons. The molecule has 1 aromatic heterocycles. The Balaban J connectivity index is 2.33. The van der Waals surface area contributed by atoms with Gasteiger partial charge in [-0.25, -0.2) is 4.98 Å². The van der Waals surface area contributed by atoms with Gasteiger partial charge in [-0.15, -0.1) is 0 Å². The smallest absolute Gasteiger partial charge is 0.390 e. The first-order valence-electron chi connectivity index (χ1n) is 7.36. The summed E-state index contributed by atoms with van der Waals surface area (Å²) in [5.41, 5.74) is -1.19. The minimum absolute atomic E-state index is 0.0905. The van der Waals surface area contributed by atoms with E-state index in [4.69, 9.17) is 10.5 Å². The third-order valence-electron chi connectivity index (χ3n) is 3.59. The van der Waals surface area contributed by atoms with Crippen molar-refractivity contribution in [2.75, 3.05) is 11.9 Å². The largest absolute Gasteiger partial charge is 0.416 e. The molecular weight excluding hydrogens is 337 g/mol. The molecule has 0 amide bonds. The number of H-pyrrole nitrogens is 1. The fourth-order valence-electron chi connectivity index (χ4n) is 2.30. The van der Waals surface area contributed by atoms with Gasteiger partial charge in [-0.3, -0.25) is 4.79 Å². The van der Waals surface area contributed by atoms with Crippen molar-refractivity contribution in [1.82, 2.24) is 9.97 Å². The van der Waals surface area contributed by atoms with E-state index in [1.165, 1.54) is 12.1 Å². The van der Waals surface area contributed by atoms with Crippen LogP contribution in [0.4, 0.5) is 19.0 Å². The number of hydrogen-bond acceptors (Lipinski definition) is 5. The number of alkyl halides is 3. The molecule has 6 nitrogen and oxygen atoms in total. The van der Waals surface area contributed by atoms with E-state index in [9.17, 15) is 18.0 Å². The number of aromatic nitrogens is 2. The van der Waals surface area contributed by atoms with Gasteiger partial charge in [-0.05, 0) is 31.5 Å². The normalized spacial score (nSPS) is 12.7. The van der Waals surface area contributed by atoms with Crippen LogP contribution < -0.4 is 10.9 Å². The van der Waals surface area contributed by atoms with E-state index < -0.39 is 29.9 Å². The number of rotatable bonds is 5. The summed E-state index contributed by atoms with van der Waals surface area (Å²) in [7, 11) is 0. The van der Waals surface area contributed by atoms with Crippen molar-refractivity contribution >= 4 is 11.5 Å². The van der Waals surface area contributed by atoms with Crippen LogP contribution in [0.3, 0.4) is 0 Å². The fourth-order valence-corrected chi connectivity index (χ4v) is 2.30. The SMILES string of the molecule is Cc1nc(N[C@@H](C)c2ccc(C(F)(F)F)cc2)c(C(=N)CO)c(=O)[nH]1. The van der Waals surface area contributed by atoms with Gasteiger partial charge in [-0.2, -0.15) is 13.2 Å². The molecule has 1 aromatic carbocycles. The minimum Gasteiger partial charge on any atom is -0.390 e. The molecule has 0 saturated heterocycles. The fraction of sp³-hybridized carbons (Fsp3) is 0.312. The van der Waals surface area contributed by atoms with Gasteiger partial charge in [0.25, 0.3) is 5.56 Å². The van der Waals surface area contributed by atoms with Crippen molar-refractivity contribution in [3.63, 3.8) is 0 Å². The number of nitrogens with zero attached hydrogens (tertiary/aromatic N) is 1. The Hall–Kier alpha value is -2.68. The number of aliphatic hydroxyl groups is 1. The van der Waals surface area contributed by atoms with Crippen molar-refractivity contribution in [3.8, 4) is 0 Å². The molecule has 9 heteroatoms. The lowest BCUT2D eigenvalue weighted by molar-refractivity contribution is -0.137. The maximum atomic E-state index is 12.6. The molecule has 0 fully saturated rings. The maximum absolute atomic E-state index is 12.6. The minimum atomic E-state index is -4.41. The second-order valence-corrected chi connectivity index (χ2v) is 5.50. The number of aryl methyl sites for hydroxylation is 1. The molecule has 0 unspecified atom stereocenters. The van der Waals surface area contributed by atoms with Crippen molar-refractivity contribution in [2.24, 2.45) is 0 Å². The number of anilines is 1. The molecule has 25 heavy (non-hydrogen) atoms. The van der Waals surface area contributed by atoms with Crippen LogP contribution in [0.15, 0.2) is 29.1 Å². The van der Waals surface area contributed by atoms with Crippen LogP contribution in [0.1, 0.15) is 35.5 Å². The van der Waals surface area contributed by atoms with Crippen LogP contribution in [0, 0.1) is 12.3 Å². The highest BCUT2D eigenvalue weighted by Gasteiger charge is 2.30. The number of aliphatic hydroxyl groups excluding tert-OH is 1. The summed E-state index contributed by atoms with van der Waals surface area (Å²) in [6.45, 7) is 2.60. The van der Waals surface area contributed by atoms with Crippen molar-refractivity contribution in [3.05, 3.63) is 57.1 Å². The van der Waals surface area contributed by atoms with E-state index >= 15 is 0 Å². The van der Waals surface area contributed by atoms with Gasteiger partial charge in [0.1, 0.15) is 17.2 Å². The number of benzene rings is 1. The summed E-state index contributed by atoms with van der Waals surface area (Å²) in [4.78, 5) is 18.6. The lowest BCUT2D eigenvalue weighted by Crippen LogP contribution is -2.25. The third kappa shape index (κ3) is 4.24. The van der Waals surface area contributed by atoms with Crippen molar-refractivity contribution < 1.29 is 18.3 Å². The van der Waals surface area contributed by atoms with Gasteiger partial charge in [0.2, 0.25) is 0 Å². The van der Waals surface area contributed by atoms with E-state index in [0.29, 0.717) is 11.4 Å². The zero-order valence-electron chi connectivity index (χ0n) is 13.5. The van der Waals surface area contributed by atoms with Crippen LogP contribution in [0.25, 0.3) is 0 Å². The Kier molecular flexibility index (Phi) is 5.27. The molecule has 0 aliphatic rings. The highest BCUT2D eigenvalue weighted by molar-refractivity contribution is 6.02. The van der Waals surface area contributed by atoms with E-state index in [0.717, 1.165) is 12.1 Å². The van der Waals surface area contributed by atoms with Gasteiger partial charge in [0.15, 0.2) is 0 Å². The average Bonchev–Trinajstić information content (AvgIpc) is 2.53. The quantitative estimate of drug-likeness (QED) is 0.620. The summed E-state index contributed by atoms with van der Waals surface area (Å²) < 4.78 is 37.9. The Morgan fingerprint density at radius 2 is 1.96 bits per heavy atom. The van der Waals surface area contributed by atoms with Gasteiger partial charge in [0, 0.05) is 6.04 Å². The summed E-state index contributed by atoms with van der Waals surface area (Å²) in [5, 5.41) is 19.7. The monoisotopic (exact) mass is 354 g/mol. The van der Waals surface area contributed by atoms with Gasteiger partial charge in [-0.1, -0.05) is 12.1 Å². The highest BCUT2D eigenvalue weighted by atomic mass is 19.4. The zero-order chi connectivity index (χ0) is 18.8. The second-order valence-electron chi connectivity index (χ2n) is 5.50. The van der Waals surface area contributed by atoms with E-state index in [-0.39, 0.29) is 17.1 Å². The first-order chi connectivity index (χ1) is 11.6. The lowest BCUT2D eigenvalue weighted by atomic mass is 10.1. The molecule has 0 aliphatic carbocycles. The summed E-state index contributed by atoms with van der Waals surface area (Å²) in [5.74, 6) is 0.398. The van der Waals surface area contributed by atoms with E-state index in [1.54, 1.807) is 13.8 Å². The predicted octanol–water partition coefficient (Wildman–Crippen LogP) is 2.63. The molecule has 0 radical (unpaired) electrons. The van der Waals surface area contributed by atoms with Crippen LogP contribution in [0.2, 0.25) is 0 Å².